The molecule has 72 heavy (non-hydrogen) atoms. The van der Waals surface area contributed by atoms with Crippen LogP contribution in [0.3, 0.4) is 0 Å². The number of aliphatic carboxylic acids is 6. The van der Waals surface area contributed by atoms with Crippen molar-refractivity contribution in [1.82, 2.24) is 0 Å². The normalized spacial score (nSPS) is 22.3. The molecule has 0 aromatic heterocycles. The average Bonchev–Trinajstić information content (AvgIpc) is 3.37. The zero-order valence-electron chi connectivity index (χ0n) is 36.4. The lowest BCUT2D eigenvalue weighted by atomic mass is 9.61. The highest BCUT2D eigenvalue weighted by Crippen LogP contribution is 2.62. The molecule has 9 aliphatic carbocycles. The molecule has 6 atom stereocenters. The third kappa shape index (κ3) is 6.55. The Bertz CT molecular complexity index is 3120. The maximum atomic E-state index is 13.1. The van der Waals surface area contributed by atoms with Gasteiger partial charge in [0.25, 0.3) is 0 Å². The van der Waals surface area contributed by atoms with Gasteiger partial charge in [0.15, 0.2) is 0 Å². The molecule has 0 amide bonds. The van der Waals surface area contributed by atoms with Gasteiger partial charge in [-0.15, -0.1) is 0 Å². The van der Waals surface area contributed by atoms with Crippen molar-refractivity contribution in [1.29, 1.82) is 0 Å². The Balaban J connectivity index is 0.967. The lowest BCUT2D eigenvalue weighted by Gasteiger charge is -2.41. The molecule has 32 rings (SSSR count). The zero-order chi connectivity index (χ0) is 49.8. The molecule has 24 bridgehead atoms. The second-order valence-electron chi connectivity index (χ2n) is 18.2. The van der Waals surface area contributed by atoms with Gasteiger partial charge in [0.1, 0.15) is 0 Å². The average molecular weight is 1060 g/mol. The molecular weight excluding hydrogens is 1030 g/mol. The van der Waals surface area contributed by atoms with Crippen LogP contribution in [-0.2, 0) is 28.8 Å². The molecule has 26 aliphatic rings. The van der Waals surface area contributed by atoms with Crippen molar-refractivity contribution in [3.8, 4) is 0 Å². The first-order valence-electron chi connectivity index (χ1n) is 22.2. The molecule has 17 aliphatic heterocycles. The van der Waals surface area contributed by atoms with Crippen molar-refractivity contribution in [3.05, 3.63) is 209 Å². The summed E-state index contributed by atoms with van der Waals surface area (Å²) in [4.78, 5) is 83.0. The number of carboxylic acids is 6. The van der Waals surface area contributed by atoms with E-state index in [1.54, 1.807) is 0 Å². The van der Waals surface area contributed by atoms with Gasteiger partial charge < -0.3 is 30.6 Å². The van der Waals surface area contributed by atoms with E-state index in [-0.39, 0.29) is 33.4 Å². The van der Waals surface area contributed by atoms with Crippen LogP contribution in [0.4, 0.5) is 0 Å². The molecule has 0 unspecified atom stereocenters. The Hall–Kier alpha value is -6.54. The molecular formula is C54H30O12S6. The summed E-state index contributed by atoms with van der Waals surface area (Å²) < 4.78 is 0. The van der Waals surface area contributed by atoms with Gasteiger partial charge in [-0.1, -0.05) is 101 Å². The van der Waals surface area contributed by atoms with Gasteiger partial charge in [-0.05, 0) is 140 Å². The minimum absolute atomic E-state index is 0.192. The summed E-state index contributed by atoms with van der Waals surface area (Å²) in [5, 5.41) is 63.8. The van der Waals surface area contributed by atoms with E-state index < -0.39 is 71.3 Å². The van der Waals surface area contributed by atoms with E-state index in [9.17, 15) is 59.4 Å². The molecule has 6 aromatic carbocycles. The molecule has 6 aromatic rings. The van der Waals surface area contributed by atoms with Crippen LogP contribution in [0.5, 0.6) is 0 Å². The van der Waals surface area contributed by atoms with E-state index in [0.29, 0.717) is 66.8 Å². The number of benzene rings is 6. The maximum absolute atomic E-state index is 13.1. The summed E-state index contributed by atoms with van der Waals surface area (Å²) in [6, 6.07) is 33.9. The number of hydrogen-bond acceptors (Lipinski definition) is 12. The topological polar surface area (TPSA) is 224 Å². The van der Waals surface area contributed by atoms with Crippen molar-refractivity contribution in [2.24, 2.45) is 0 Å². The molecule has 0 radical (unpaired) electrons. The highest BCUT2D eigenvalue weighted by Gasteiger charge is 2.51. The smallest absolute Gasteiger partial charge is 0.333 e. The van der Waals surface area contributed by atoms with Crippen LogP contribution in [0.15, 0.2) is 172 Å². The molecule has 6 N–H and O–H groups in total. The molecule has 0 spiro atoms. The fourth-order valence-electron chi connectivity index (χ4n) is 12.2. The van der Waals surface area contributed by atoms with Crippen molar-refractivity contribution < 1.29 is 59.4 Å². The first-order chi connectivity index (χ1) is 34.7. The number of rotatable bonds is 6. The molecule has 0 saturated heterocycles. The summed E-state index contributed by atoms with van der Waals surface area (Å²) in [6.45, 7) is 0. The number of carboxylic acid groups (broad SMARTS) is 6. The Morgan fingerprint density at radius 2 is 0.375 bits per heavy atom. The summed E-state index contributed by atoms with van der Waals surface area (Å²) in [7, 11) is 8.48. The van der Waals surface area contributed by atoms with Crippen LogP contribution in [0, 0.1) is 0 Å². The minimum Gasteiger partial charge on any atom is -0.478 e. The Kier molecular flexibility index (Phi) is 10.4. The van der Waals surface area contributed by atoms with Crippen LogP contribution in [-0.4, -0.2) is 66.5 Å². The Morgan fingerprint density at radius 3 is 0.500 bits per heavy atom. The Morgan fingerprint density at radius 1 is 0.236 bits per heavy atom. The largest absolute Gasteiger partial charge is 0.478 e. The van der Waals surface area contributed by atoms with Gasteiger partial charge in [-0.3, -0.25) is 0 Å². The van der Waals surface area contributed by atoms with E-state index in [0.717, 1.165) is 29.4 Å². The van der Waals surface area contributed by atoms with Crippen LogP contribution < -0.4 is 0 Å². The Labute approximate surface area is 431 Å². The highest BCUT2D eigenvalue weighted by atomic mass is 33.1. The van der Waals surface area contributed by atoms with Crippen LogP contribution in [0.1, 0.15) is 102 Å². The number of carbonyl (C=O) groups is 6. The monoisotopic (exact) mass is 1060 g/mol. The van der Waals surface area contributed by atoms with Crippen LogP contribution in [0.25, 0.3) is 0 Å². The van der Waals surface area contributed by atoms with E-state index in [4.69, 9.17) is 0 Å². The van der Waals surface area contributed by atoms with Gasteiger partial charge in [0.2, 0.25) is 0 Å². The van der Waals surface area contributed by atoms with Crippen molar-refractivity contribution in [2.45, 2.75) is 64.9 Å². The molecule has 17 heterocycles. The third-order valence-electron chi connectivity index (χ3n) is 14.8. The minimum atomic E-state index is -1.32. The second-order valence-corrected chi connectivity index (χ2v) is 25.0. The summed E-state index contributed by atoms with van der Waals surface area (Å²) in [6.07, 6.45) is 0. The van der Waals surface area contributed by atoms with Crippen LogP contribution >= 0.6 is 64.8 Å². The SMILES string of the molecule is O=C(O)C1=C(C(=O)O)[C@H]2c3ccc4cc3[C@@H]1c1ccc(cc12)SSc1ccc2c(c1)[C@H]1C(C(=O)O)=C(C(=O)O)[C@@H]2c2cc(ccc21)SSc1ccc2c(c1)[C@H]1C(C(=O)O)=C(C(=O)O)[C@@H]2c2cc(ccc21)SS4. The van der Waals surface area contributed by atoms with Crippen molar-refractivity contribution >= 4 is 101 Å². The second kappa shape index (κ2) is 16.5. The van der Waals surface area contributed by atoms with Gasteiger partial charge >= 0.3 is 35.8 Å². The lowest BCUT2D eigenvalue weighted by Crippen LogP contribution is -2.34. The predicted octanol–water partition coefficient (Wildman–Crippen LogP) is 11.6. The van der Waals surface area contributed by atoms with Crippen molar-refractivity contribution in [2.75, 3.05) is 0 Å². The van der Waals surface area contributed by atoms with Gasteiger partial charge in [-0.25, -0.2) is 28.8 Å². The van der Waals surface area contributed by atoms with E-state index >= 15 is 0 Å². The van der Waals surface area contributed by atoms with Crippen molar-refractivity contribution in [3.63, 3.8) is 0 Å². The first-order valence-corrected chi connectivity index (χ1v) is 28.6. The van der Waals surface area contributed by atoms with Gasteiger partial charge in [0.05, 0.1) is 33.4 Å². The van der Waals surface area contributed by atoms with Crippen LogP contribution in [0.2, 0.25) is 0 Å². The summed E-state index contributed by atoms with van der Waals surface area (Å²) in [5.74, 6) is -13.2. The van der Waals surface area contributed by atoms with E-state index in [1.165, 1.54) is 64.8 Å². The third-order valence-corrected chi connectivity index (χ3v) is 21.9. The maximum Gasteiger partial charge on any atom is 0.333 e. The fourth-order valence-corrected chi connectivity index (χ4v) is 18.2. The van der Waals surface area contributed by atoms with E-state index in [2.05, 4.69) is 0 Å². The van der Waals surface area contributed by atoms with E-state index in [1.807, 2.05) is 109 Å². The quantitative estimate of drug-likeness (QED) is 0.0853. The standard InChI is InChI=1S/C54H30O12S6/c55-49(56)43-37-25-7-1-19-13-31(25)38(44(43)50(57)58)26-9-3-21(15-32(26)37)69-70-22-5-11-29-35(16-22)41-30-12-6-24(18-36(30)42(29)48(54(65)66)47(41)53(63)64)72-71-23-4-10-28-34(17-23)40-27-8-2-20(68-67-19)14-33(27)39(28)45(51(59)60)46(40)52(61)62/h1-18,37-42H,(H,55,56)(H,57,58)(H,59,60)(H,61,62)(H,63,64)(H,65,66)/t37-,38-,39-,40-,41-,42-/m0/s1. The molecule has 0 saturated carbocycles. The van der Waals surface area contributed by atoms with Gasteiger partial charge in [-0.2, -0.15) is 0 Å². The lowest BCUT2D eigenvalue weighted by molar-refractivity contribution is -0.136. The molecule has 12 nitrogen and oxygen atoms in total. The van der Waals surface area contributed by atoms with Gasteiger partial charge in [0, 0.05) is 64.9 Å². The summed E-state index contributed by atoms with van der Waals surface area (Å²) >= 11 is 0. The molecule has 18 heteroatoms. The predicted molar refractivity (Wildman–Crippen MR) is 272 cm³/mol. The highest BCUT2D eigenvalue weighted by molar-refractivity contribution is 8.77. The molecule has 354 valence electrons. The summed E-state index contributed by atoms with van der Waals surface area (Å²) in [5.41, 5.74) is 7.07. The first kappa shape index (κ1) is 45.3. The fraction of sp³-hybridized carbons (Fsp3) is 0.111. The zero-order valence-corrected chi connectivity index (χ0v) is 41.3. The molecule has 0 fully saturated rings. The number of hydrogen-bond donors (Lipinski definition) is 6.